The molecule has 5 heteroatoms. The number of aryl methyl sites for hydroxylation is 2. The Morgan fingerprint density at radius 3 is 2.63 bits per heavy atom. The normalized spacial score (nSPS) is 12.7. The van der Waals surface area contributed by atoms with Gasteiger partial charge in [-0.3, -0.25) is 0 Å². The van der Waals surface area contributed by atoms with E-state index in [2.05, 4.69) is 17.2 Å². The molecule has 0 aliphatic carbocycles. The fourth-order valence-corrected chi connectivity index (χ4v) is 3.55. The molecule has 0 bridgehead atoms. The summed E-state index contributed by atoms with van der Waals surface area (Å²) in [7, 11) is 0. The molecule has 2 nitrogen and oxygen atoms in total. The molecule has 0 spiro atoms. The Kier molecular flexibility index (Phi) is 4.85. The van der Waals surface area contributed by atoms with E-state index in [4.69, 9.17) is 23.2 Å². The molecule has 1 N–H and O–H groups in total. The van der Waals surface area contributed by atoms with E-state index in [-0.39, 0.29) is 6.04 Å². The van der Waals surface area contributed by atoms with Crippen molar-refractivity contribution in [2.75, 3.05) is 6.54 Å². The molecule has 0 radical (unpaired) electrons. The Morgan fingerprint density at radius 2 is 2.05 bits per heavy atom. The van der Waals surface area contributed by atoms with Crippen molar-refractivity contribution in [1.29, 1.82) is 0 Å². The van der Waals surface area contributed by atoms with Crippen LogP contribution in [0.5, 0.6) is 0 Å². The molecule has 2 aromatic rings. The van der Waals surface area contributed by atoms with Gasteiger partial charge in [0.2, 0.25) is 0 Å². The van der Waals surface area contributed by atoms with Gasteiger partial charge in [-0.2, -0.15) is 0 Å². The first-order chi connectivity index (χ1) is 9.04. The van der Waals surface area contributed by atoms with Crippen LogP contribution in [-0.2, 0) is 0 Å². The van der Waals surface area contributed by atoms with E-state index >= 15 is 0 Å². The first kappa shape index (κ1) is 14.8. The maximum Gasteiger partial charge on any atom is 0.0900 e. The zero-order valence-corrected chi connectivity index (χ0v) is 13.5. The van der Waals surface area contributed by atoms with Crippen molar-refractivity contribution in [3.63, 3.8) is 0 Å². The molecule has 19 heavy (non-hydrogen) atoms. The van der Waals surface area contributed by atoms with Crippen LogP contribution in [0.25, 0.3) is 0 Å². The van der Waals surface area contributed by atoms with Crippen LogP contribution >= 0.6 is 34.5 Å². The number of hydrogen-bond acceptors (Lipinski definition) is 3. The molecule has 1 atom stereocenters. The van der Waals surface area contributed by atoms with Crippen molar-refractivity contribution in [2.24, 2.45) is 0 Å². The van der Waals surface area contributed by atoms with Gasteiger partial charge in [-0.1, -0.05) is 42.3 Å². The zero-order valence-electron chi connectivity index (χ0n) is 11.1. The van der Waals surface area contributed by atoms with E-state index in [1.807, 2.05) is 26.0 Å². The third kappa shape index (κ3) is 3.11. The molecule has 102 valence electrons. The summed E-state index contributed by atoms with van der Waals surface area (Å²) in [4.78, 5) is 5.69. The minimum atomic E-state index is 0.0439. The van der Waals surface area contributed by atoms with E-state index in [9.17, 15) is 0 Å². The number of halogens is 2. The number of thiazole rings is 1. The molecule has 2 rings (SSSR count). The lowest BCUT2D eigenvalue weighted by Gasteiger charge is -2.19. The molecule has 0 saturated carbocycles. The molecule has 0 fully saturated rings. The van der Waals surface area contributed by atoms with Crippen molar-refractivity contribution in [3.8, 4) is 0 Å². The van der Waals surface area contributed by atoms with Crippen molar-refractivity contribution < 1.29 is 0 Å². The number of hydrogen-bond donors (Lipinski definition) is 1. The van der Waals surface area contributed by atoms with E-state index in [0.29, 0.717) is 10.0 Å². The van der Waals surface area contributed by atoms with Crippen molar-refractivity contribution >= 4 is 34.5 Å². The summed E-state index contributed by atoms with van der Waals surface area (Å²) in [5.41, 5.74) is 2.05. The Labute approximate surface area is 127 Å². The van der Waals surface area contributed by atoms with Gasteiger partial charge in [0.15, 0.2) is 0 Å². The van der Waals surface area contributed by atoms with Crippen LogP contribution in [0.2, 0.25) is 10.0 Å². The average molecular weight is 315 g/mol. The smallest absolute Gasteiger partial charge is 0.0900 e. The number of rotatable bonds is 4. The summed E-state index contributed by atoms with van der Waals surface area (Å²) in [5.74, 6) is 0. The van der Waals surface area contributed by atoms with Crippen LogP contribution in [0.15, 0.2) is 18.2 Å². The third-order valence-corrected chi connectivity index (χ3v) is 4.87. The van der Waals surface area contributed by atoms with Crippen LogP contribution in [0, 0.1) is 13.8 Å². The topological polar surface area (TPSA) is 24.9 Å². The van der Waals surface area contributed by atoms with Crippen LogP contribution in [0.3, 0.4) is 0 Å². The highest BCUT2D eigenvalue weighted by Crippen LogP contribution is 2.36. The van der Waals surface area contributed by atoms with Gasteiger partial charge in [-0.05, 0) is 32.0 Å². The summed E-state index contributed by atoms with van der Waals surface area (Å²) in [6, 6.07) is 5.79. The van der Waals surface area contributed by atoms with Crippen LogP contribution in [0.1, 0.15) is 34.1 Å². The Hall–Kier alpha value is -0.610. The highest BCUT2D eigenvalue weighted by atomic mass is 35.5. The predicted octanol–water partition coefficient (Wildman–Crippen LogP) is 4.77. The summed E-state index contributed by atoms with van der Waals surface area (Å²) >= 11 is 14.2. The van der Waals surface area contributed by atoms with Gasteiger partial charge >= 0.3 is 0 Å². The van der Waals surface area contributed by atoms with E-state index < -0.39 is 0 Å². The number of aromatic nitrogens is 1. The van der Waals surface area contributed by atoms with Crippen LogP contribution in [-0.4, -0.2) is 11.5 Å². The highest BCUT2D eigenvalue weighted by Gasteiger charge is 2.21. The monoisotopic (exact) mass is 314 g/mol. The van der Waals surface area contributed by atoms with Gasteiger partial charge in [0.1, 0.15) is 0 Å². The Balaban J connectivity index is 2.51. The molecular weight excluding hydrogens is 299 g/mol. The lowest BCUT2D eigenvalue weighted by molar-refractivity contribution is 0.636. The minimum Gasteiger partial charge on any atom is -0.306 e. The van der Waals surface area contributed by atoms with Crippen LogP contribution < -0.4 is 5.32 Å². The van der Waals surface area contributed by atoms with E-state index in [1.165, 1.54) is 4.88 Å². The van der Waals surface area contributed by atoms with Gasteiger partial charge in [0, 0.05) is 4.88 Å². The lowest BCUT2D eigenvalue weighted by Crippen LogP contribution is -2.22. The maximum absolute atomic E-state index is 6.35. The Morgan fingerprint density at radius 1 is 1.32 bits per heavy atom. The minimum absolute atomic E-state index is 0.0439. The van der Waals surface area contributed by atoms with Gasteiger partial charge < -0.3 is 5.32 Å². The van der Waals surface area contributed by atoms with Gasteiger partial charge in [0.25, 0.3) is 0 Å². The third-order valence-electron chi connectivity index (χ3n) is 2.90. The molecule has 1 aromatic heterocycles. The molecule has 0 saturated heterocycles. The highest BCUT2D eigenvalue weighted by molar-refractivity contribution is 7.11. The fraction of sp³-hybridized carbons (Fsp3) is 0.357. The number of benzene rings is 1. The molecule has 0 amide bonds. The summed E-state index contributed by atoms with van der Waals surface area (Å²) in [6.07, 6.45) is 0. The zero-order chi connectivity index (χ0) is 14.0. The molecular formula is C14H16Cl2N2S. The second-order valence-electron chi connectivity index (χ2n) is 4.32. The van der Waals surface area contributed by atoms with Gasteiger partial charge in [-0.25, -0.2) is 4.98 Å². The predicted molar refractivity (Wildman–Crippen MR) is 83.6 cm³/mol. The first-order valence-corrected chi connectivity index (χ1v) is 7.73. The fourth-order valence-electron chi connectivity index (χ4n) is 2.11. The standard InChI is InChI=1S/C14H16Cl2N2S/c1-4-17-13(14-8(2)18-9(3)19-14)10-6-5-7-11(15)12(10)16/h5-7,13,17H,4H2,1-3H3. The molecule has 1 heterocycles. The second kappa shape index (κ2) is 6.23. The SMILES string of the molecule is CCNC(c1cccc(Cl)c1Cl)c1sc(C)nc1C. The van der Waals surface area contributed by atoms with Crippen molar-refractivity contribution in [3.05, 3.63) is 49.4 Å². The van der Waals surface area contributed by atoms with Gasteiger partial charge in [0.05, 0.1) is 26.8 Å². The molecule has 0 aliphatic heterocycles. The lowest BCUT2D eigenvalue weighted by atomic mass is 10.0. The summed E-state index contributed by atoms with van der Waals surface area (Å²) in [6.45, 7) is 6.98. The van der Waals surface area contributed by atoms with Crippen molar-refractivity contribution in [1.82, 2.24) is 10.3 Å². The Bertz CT molecular complexity index is 581. The second-order valence-corrected chi connectivity index (χ2v) is 6.34. The first-order valence-electron chi connectivity index (χ1n) is 6.15. The van der Waals surface area contributed by atoms with Crippen LogP contribution in [0.4, 0.5) is 0 Å². The largest absolute Gasteiger partial charge is 0.306 e. The van der Waals surface area contributed by atoms with E-state index in [0.717, 1.165) is 22.8 Å². The molecule has 0 aliphatic rings. The number of nitrogens with zero attached hydrogens (tertiary/aromatic N) is 1. The maximum atomic E-state index is 6.35. The van der Waals surface area contributed by atoms with Gasteiger partial charge in [-0.15, -0.1) is 11.3 Å². The van der Waals surface area contributed by atoms with E-state index in [1.54, 1.807) is 17.4 Å². The average Bonchev–Trinajstić information content (AvgIpc) is 2.69. The molecule has 1 unspecified atom stereocenters. The molecule has 1 aromatic carbocycles. The quantitative estimate of drug-likeness (QED) is 0.879. The van der Waals surface area contributed by atoms with Crippen molar-refractivity contribution in [2.45, 2.75) is 26.8 Å². The summed E-state index contributed by atoms with van der Waals surface area (Å²) in [5, 5.41) is 5.72. The summed E-state index contributed by atoms with van der Waals surface area (Å²) < 4.78 is 0. The number of nitrogens with one attached hydrogen (secondary N) is 1.